The van der Waals surface area contributed by atoms with Crippen LogP contribution in [0.25, 0.3) is 10.2 Å². The molecule has 0 fully saturated rings. The Balaban J connectivity index is 1.65. The fourth-order valence-corrected chi connectivity index (χ4v) is 3.36. The van der Waals surface area contributed by atoms with Gasteiger partial charge in [0.2, 0.25) is 5.89 Å². The molecule has 1 amide bonds. The van der Waals surface area contributed by atoms with Crippen LogP contribution in [0.3, 0.4) is 0 Å². The van der Waals surface area contributed by atoms with E-state index < -0.39 is 0 Å². The number of fused-ring (bicyclic) bond motifs is 1. The van der Waals surface area contributed by atoms with Crippen LogP contribution in [0.2, 0.25) is 0 Å². The fourth-order valence-electron chi connectivity index (χ4n) is 2.55. The minimum absolute atomic E-state index is 0.147. The molecule has 2 heterocycles. The Morgan fingerprint density at radius 3 is 2.92 bits per heavy atom. The molecule has 26 heavy (non-hydrogen) atoms. The first-order valence-corrected chi connectivity index (χ1v) is 9.16. The Hall–Kier alpha value is -2.67. The molecule has 0 saturated carbocycles. The Bertz CT molecular complexity index is 945. The molecular formula is C19H21N3O3S. The molecule has 0 saturated heterocycles. The molecule has 0 unspecified atom stereocenters. The zero-order valence-corrected chi connectivity index (χ0v) is 15.9. The number of thiazole rings is 1. The van der Waals surface area contributed by atoms with E-state index in [0.29, 0.717) is 24.7 Å². The van der Waals surface area contributed by atoms with Crippen LogP contribution < -0.4 is 4.74 Å². The van der Waals surface area contributed by atoms with E-state index in [4.69, 9.17) is 9.15 Å². The fraction of sp³-hybridized carbons (Fsp3) is 0.316. The Labute approximate surface area is 156 Å². The van der Waals surface area contributed by atoms with E-state index in [1.54, 1.807) is 16.2 Å². The molecule has 0 atom stereocenters. The second-order valence-corrected chi connectivity index (χ2v) is 7.29. The van der Waals surface area contributed by atoms with Gasteiger partial charge in [-0.15, -0.1) is 11.3 Å². The molecule has 0 aliphatic carbocycles. The van der Waals surface area contributed by atoms with Gasteiger partial charge in [0.1, 0.15) is 12.0 Å². The van der Waals surface area contributed by atoms with Crippen LogP contribution in [-0.2, 0) is 6.61 Å². The van der Waals surface area contributed by atoms with Crippen molar-refractivity contribution in [2.75, 3.05) is 13.1 Å². The molecule has 136 valence electrons. The second kappa shape index (κ2) is 7.70. The third-order valence-corrected chi connectivity index (χ3v) is 4.68. The molecule has 0 spiro atoms. The maximum Gasteiger partial charge on any atom is 0.276 e. The molecular weight excluding hydrogens is 350 g/mol. The van der Waals surface area contributed by atoms with Gasteiger partial charge in [-0.25, -0.2) is 9.97 Å². The normalized spacial score (nSPS) is 10.9. The highest BCUT2D eigenvalue weighted by Crippen LogP contribution is 2.26. The van der Waals surface area contributed by atoms with Gasteiger partial charge in [-0.2, -0.15) is 0 Å². The number of carbonyl (C=O) groups excluding carboxylic acids is 1. The van der Waals surface area contributed by atoms with Crippen molar-refractivity contribution in [3.05, 3.63) is 53.2 Å². The first-order valence-electron chi connectivity index (χ1n) is 8.34. The lowest BCUT2D eigenvalue weighted by molar-refractivity contribution is 0.0772. The van der Waals surface area contributed by atoms with Crippen molar-refractivity contribution in [3.8, 4) is 5.75 Å². The number of rotatable bonds is 7. The summed E-state index contributed by atoms with van der Waals surface area (Å²) >= 11 is 1.64. The van der Waals surface area contributed by atoms with E-state index in [1.165, 1.54) is 6.26 Å². The number of likely N-dealkylation sites (N-methyl/N-ethyl adjacent to an activating group) is 1. The van der Waals surface area contributed by atoms with Crippen LogP contribution in [0.5, 0.6) is 5.75 Å². The SMILES string of the molecule is C=C(C)CN(CC)C(=O)c1coc(COc2ccc3sc(C)nc3c2)n1. The van der Waals surface area contributed by atoms with Crippen LogP contribution in [0.4, 0.5) is 0 Å². The van der Waals surface area contributed by atoms with Crippen molar-refractivity contribution >= 4 is 27.5 Å². The monoisotopic (exact) mass is 371 g/mol. The Morgan fingerprint density at radius 2 is 2.19 bits per heavy atom. The van der Waals surface area contributed by atoms with Crippen LogP contribution in [0, 0.1) is 6.92 Å². The molecule has 0 bridgehead atoms. The third kappa shape index (κ3) is 4.11. The molecule has 3 aromatic rings. The minimum atomic E-state index is -0.176. The summed E-state index contributed by atoms with van der Waals surface area (Å²) in [5.41, 5.74) is 2.10. The maximum atomic E-state index is 12.5. The van der Waals surface area contributed by atoms with Crippen LogP contribution in [0.1, 0.15) is 35.2 Å². The van der Waals surface area contributed by atoms with E-state index in [9.17, 15) is 4.79 Å². The number of amides is 1. The Morgan fingerprint density at radius 1 is 1.38 bits per heavy atom. The summed E-state index contributed by atoms with van der Waals surface area (Å²) in [4.78, 5) is 22.8. The lowest BCUT2D eigenvalue weighted by Crippen LogP contribution is -2.32. The molecule has 3 rings (SSSR count). The largest absolute Gasteiger partial charge is 0.484 e. The quantitative estimate of drug-likeness (QED) is 0.582. The van der Waals surface area contributed by atoms with Crippen LogP contribution in [-0.4, -0.2) is 33.9 Å². The number of aryl methyl sites for hydroxylation is 1. The van der Waals surface area contributed by atoms with Gasteiger partial charge in [-0.3, -0.25) is 4.79 Å². The summed E-state index contributed by atoms with van der Waals surface area (Å²) in [6, 6.07) is 5.76. The van der Waals surface area contributed by atoms with Gasteiger partial charge in [0.25, 0.3) is 5.91 Å². The maximum absolute atomic E-state index is 12.5. The number of aromatic nitrogens is 2. The smallest absolute Gasteiger partial charge is 0.276 e. The van der Waals surface area contributed by atoms with Gasteiger partial charge in [0, 0.05) is 19.2 Å². The third-order valence-electron chi connectivity index (χ3n) is 3.73. The summed E-state index contributed by atoms with van der Waals surface area (Å²) in [6.45, 7) is 10.9. The van der Waals surface area contributed by atoms with Gasteiger partial charge in [-0.1, -0.05) is 12.2 Å². The highest BCUT2D eigenvalue weighted by molar-refractivity contribution is 7.18. The van der Waals surface area contributed by atoms with Crippen LogP contribution >= 0.6 is 11.3 Å². The first-order chi connectivity index (χ1) is 12.5. The predicted molar refractivity (Wildman–Crippen MR) is 102 cm³/mol. The Kier molecular flexibility index (Phi) is 5.37. The summed E-state index contributed by atoms with van der Waals surface area (Å²) in [7, 11) is 0. The average molecular weight is 371 g/mol. The highest BCUT2D eigenvalue weighted by atomic mass is 32.1. The summed E-state index contributed by atoms with van der Waals surface area (Å²) in [5, 5.41) is 1.02. The topological polar surface area (TPSA) is 68.5 Å². The zero-order chi connectivity index (χ0) is 18.7. The van der Waals surface area contributed by atoms with Crippen molar-refractivity contribution in [1.82, 2.24) is 14.9 Å². The van der Waals surface area contributed by atoms with Crippen molar-refractivity contribution in [3.63, 3.8) is 0 Å². The van der Waals surface area contributed by atoms with E-state index in [-0.39, 0.29) is 18.2 Å². The molecule has 1 aromatic carbocycles. The molecule has 0 aliphatic heterocycles. The second-order valence-electron chi connectivity index (χ2n) is 6.05. The number of carbonyl (C=O) groups is 1. The van der Waals surface area contributed by atoms with E-state index >= 15 is 0 Å². The van der Waals surface area contributed by atoms with Gasteiger partial charge in [0.05, 0.1) is 15.2 Å². The standard InChI is InChI=1S/C19H21N3O3S/c1-5-22(9-12(2)3)19(23)16-10-25-18(21-16)11-24-14-6-7-17-15(8-14)20-13(4)26-17/h6-8,10H,2,5,9,11H2,1,3-4H3. The minimum Gasteiger partial charge on any atom is -0.484 e. The van der Waals surface area contributed by atoms with E-state index in [2.05, 4.69) is 16.5 Å². The van der Waals surface area contributed by atoms with Gasteiger partial charge >= 0.3 is 0 Å². The molecule has 0 N–H and O–H groups in total. The predicted octanol–water partition coefficient (Wildman–Crippen LogP) is 4.21. The summed E-state index contributed by atoms with van der Waals surface area (Å²) in [5.74, 6) is 0.866. The molecule has 7 heteroatoms. The lowest BCUT2D eigenvalue weighted by Gasteiger charge is -2.19. The van der Waals surface area contributed by atoms with Gasteiger partial charge in [-0.05, 0) is 32.9 Å². The zero-order valence-electron chi connectivity index (χ0n) is 15.1. The van der Waals surface area contributed by atoms with Crippen molar-refractivity contribution in [1.29, 1.82) is 0 Å². The number of ether oxygens (including phenoxy) is 1. The number of benzene rings is 1. The van der Waals surface area contributed by atoms with Crippen LogP contribution in [0.15, 0.2) is 41.0 Å². The molecule has 0 aliphatic rings. The summed E-state index contributed by atoms with van der Waals surface area (Å²) in [6.07, 6.45) is 1.37. The number of nitrogens with zero attached hydrogens (tertiary/aromatic N) is 3. The van der Waals surface area contributed by atoms with Crippen molar-refractivity contribution in [2.24, 2.45) is 0 Å². The van der Waals surface area contributed by atoms with Crippen molar-refractivity contribution in [2.45, 2.75) is 27.4 Å². The average Bonchev–Trinajstić information content (AvgIpc) is 3.22. The van der Waals surface area contributed by atoms with Gasteiger partial charge in [0.15, 0.2) is 12.3 Å². The lowest BCUT2D eigenvalue weighted by atomic mass is 10.3. The summed E-state index contributed by atoms with van der Waals surface area (Å²) < 4.78 is 12.2. The van der Waals surface area contributed by atoms with Crippen molar-refractivity contribution < 1.29 is 13.9 Å². The number of hydrogen-bond donors (Lipinski definition) is 0. The van der Waals surface area contributed by atoms with E-state index in [1.807, 2.05) is 39.0 Å². The molecule has 2 aromatic heterocycles. The number of hydrogen-bond acceptors (Lipinski definition) is 6. The van der Waals surface area contributed by atoms with Gasteiger partial charge < -0.3 is 14.1 Å². The molecule has 0 radical (unpaired) electrons. The molecule has 6 nitrogen and oxygen atoms in total. The highest BCUT2D eigenvalue weighted by Gasteiger charge is 2.18. The number of oxazole rings is 1. The van der Waals surface area contributed by atoms with E-state index in [0.717, 1.165) is 20.8 Å². The first kappa shape index (κ1) is 18.1.